The number of nitrogens with one attached hydrogen (secondary N) is 1. The van der Waals surface area contributed by atoms with Crippen LogP contribution in [0.4, 0.5) is 15.8 Å². The zero-order valence-corrected chi connectivity index (χ0v) is 24.1. The molecule has 2 heterocycles. The molecule has 0 saturated carbocycles. The van der Waals surface area contributed by atoms with E-state index in [2.05, 4.69) is 20.7 Å². The number of amides is 2. The van der Waals surface area contributed by atoms with Crippen LogP contribution in [0.15, 0.2) is 79.1 Å². The number of carbonyl (C=O) groups is 3. The molecule has 0 spiro atoms. The summed E-state index contributed by atoms with van der Waals surface area (Å²) in [5.41, 5.74) is 2.86. The molecule has 0 aliphatic carbocycles. The number of nitrogens with zero attached hydrogens (tertiary/aromatic N) is 7. The number of aromatic nitrogens is 5. The first-order valence-electron chi connectivity index (χ1n) is 13.3. The van der Waals surface area contributed by atoms with Crippen LogP contribution in [-0.2, 0) is 27.9 Å². The highest BCUT2D eigenvalue weighted by Gasteiger charge is 2.31. The van der Waals surface area contributed by atoms with Crippen molar-refractivity contribution in [3.8, 4) is 5.69 Å². The molecule has 3 aromatic carbocycles. The van der Waals surface area contributed by atoms with Gasteiger partial charge in [-0.25, -0.2) is 9.07 Å². The van der Waals surface area contributed by atoms with Gasteiger partial charge in [-0.3, -0.25) is 14.3 Å². The Kier molecular flexibility index (Phi) is 8.77. The Morgan fingerprint density at radius 2 is 1.88 bits per heavy atom. The summed E-state index contributed by atoms with van der Waals surface area (Å²) in [4.78, 5) is 42.2. The number of hydrogen-bond donors (Lipinski definition) is 1. The Balaban J connectivity index is 1.43. The van der Waals surface area contributed by atoms with Gasteiger partial charge in [0, 0.05) is 37.8 Å². The van der Waals surface area contributed by atoms with Crippen molar-refractivity contribution >= 4 is 52.0 Å². The predicted octanol–water partition coefficient (Wildman–Crippen LogP) is 3.66. The highest BCUT2D eigenvalue weighted by atomic mass is 35.5. The summed E-state index contributed by atoms with van der Waals surface area (Å²) in [6.45, 7) is -0.596. The zero-order chi connectivity index (χ0) is 30.5. The first-order chi connectivity index (χ1) is 20.7. The quantitative estimate of drug-likeness (QED) is 0.229. The van der Waals surface area contributed by atoms with Crippen LogP contribution < -0.4 is 10.2 Å². The molecular weight excluding hydrogens is 575 g/mol. The van der Waals surface area contributed by atoms with Crippen molar-refractivity contribution in [2.24, 2.45) is 7.05 Å². The number of benzene rings is 3. The van der Waals surface area contributed by atoms with E-state index < -0.39 is 23.7 Å². The molecule has 0 aliphatic heterocycles. The van der Waals surface area contributed by atoms with Crippen molar-refractivity contribution in [2.75, 3.05) is 30.4 Å². The number of aryl methyl sites for hydroxylation is 1. The number of likely N-dealkylation sites (N-methyl/N-ethyl adjacent to an activating group) is 1. The molecule has 13 heteroatoms. The summed E-state index contributed by atoms with van der Waals surface area (Å²) in [6, 6.07) is 17.5. The van der Waals surface area contributed by atoms with Crippen LogP contribution in [0.3, 0.4) is 0 Å². The minimum Gasteiger partial charge on any atom is -0.363 e. The average molecular weight is 603 g/mol. The second-order valence-electron chi connectivity index (χ2n) is 9.96. The van der Waals surface area contributed by atoms with Crippen LogP contribution in [0, 0.1) is 5.82 Å². The van der Waals surface area contributed by atoms with E-state index in [0.717, 1.165) is 16.5 Å². The number of aldehydes is 1. The van der Waals surface area contributed by atoms with Crippen LogP contribution in [0.5, 0.6) is 0 Å². The first-order valence-corrected chi connectivity index (χ1v) is 13.7. The van der Waals surface area contributed by atoms with Gasteiger partial charge in [-0.05, 0) is 42.0 Å². The van der Waals surface area contributed by atoms with E-state index in [1.165, 1.54) is 38.9 Å². The van der Waals surface area contributed by atoms with Crippen molar-refractivity contribution < 1.29 is 18.8 Å². The number of anilines is 2. The average Bonchev–Trinajstić information content (AvgIpc) is 3.59. The minimum absolute atomic E-state index is 0.142. The smallest absolute Gasteiger partial charge is 0.247 e. The summed E-state index contributed by atoms with van der Waals surface area (Å²) < 4.78 is 17.4. The van der Waals surface area contributed by atoms with Crippen molar-refractivity contribution in [1.29, 1.82) is 0 Å². The Morgan fingerprint density at radius 1 is 1.09 bits per heavy atom. The topological polar surface area (TPSA) is 118 Å². The van der Waals surface area contributed by atoms with Crippen LogP contribution in [0.2, 0.25) is 5.15 Å². The summed E-state index contributed by atoms with van der Waals surface area (Å²) in [7, 11) is 3.41. The Hall–Kier alpha value is -5.10. The first kappa shape index (κ1) is 29.4. The number of hydrogen-bond acceptors (Lipinski definition) is 7. The SMILES string of the molecule is CN(CC(=O)N(CC=O)C(Cc1ccccc1)C(=O)Nc1ccc2nn(C)cc2c1)c1cc(F)ccc1-n1cc(Cl)nn1. The standard InChI is InChI=1S/C30H28ClFN8O3/c1-37(26-16-22(32)8-11-25(26)40-18-28(31)34-36-40)19-29(42)39(12-13-41)27(14-20-6-4-3-5-7-20)30(43)33-23-9-10-24-21(15-23)17-38(2)35-24/h3-11,13,15-18,27H,12,14,19H2,1-2H3,(H,33,43). The summed E-state index contributed by atoms with van der Waals surface area (Å²) >= 11 is 5.93. The minimum atomic E-state index is -1.03. The van der Waals surface area contributed by atoms with Crippen LogP contribution in [0.25, 0.3) is 16.6 Å². The molecule has 5 rings (SSSR count). The molecule has 0 aliphatic rings. The Bertz CT molecular complexity index is 1770. The number of rotatable bonds is 11. The van der Waals surface area contributed by atoms with Gasteiger partial charge in [-0.2, -0.15) is 5.10 Å². The van der Waals surface area contributed by atoms with Crippen LogP contribution in [-0.4, -0.2) is 74.0 Å². The molecule has 0 fully saturated rings. The molecule has 1 atom stereocenters. The van der Waals surface area contributed by atoms with E-state index in [1.807, 2.05) is 43.6 Å². The fraction of sp³-hybridized carbons (Fsp3) is 0.200. The van der Waals surface area contributed by atoms with Crippen molar-refractivity contribution in [3.63, 3.8) is 0 Å². The van der Waals surface area contributed by atoms with Gasteiger partial charge in [0.25, 0.3) is 0 Å². The third kappa shape index (κ3) is 6.87. The second-order valence-corrected chi connectivity index (χ2v) is 10.3. The van der Waals surface area contributed by atoms with Crippen molar-refractivity contribution in [2.45, 2.75) is 12.5 Å². The second kappa shape index (κ2) is 12.8. The van der Waals surface area contributed by atoms with Gasteiger partial charge >= 0.3 is 0 Å². The summed E-state index contributed by atoms with van der Waals surface area (Å²) in [5.74, 6) is -1.50. The fourth-order valence-electron chi connectivity index (χ4n) is 4.85. The summed E-state index contributed by atoms with van der Waals surface area (Å²) in [5, 5.41) is 15.9. The molecule has 1 N–H and O–H groups in total. The molecule has 1 unspecified atom stereocenters. The zero-order valence-electron chi connectivity index (χ0n) is 23.4. The predicted molar refractivity (Wildman–Crippen MR) is 161 cm³/mol. The molecule has 11 nitrogen and oxygen atoms in total. The molecule has 0 saturated heterocycles. The lowest BCUT2D eigenvalue weighted by Gasteiger charge is -2.32. The van der Waals surface area contributed by atoms with E-state index in [9.17, 15) is 18.8 Å². The van der Waals surface area contributed by atoms with E-state index in [0.29, 0.717) is 23.3 Å². The maximum absolute atomic E-state index is 14.3. The molecule has 0 bridgehead atoms. The van der Waals surface area contributed by atoms with Crippen molar-refractivity contribution in [1.82, 2.24) is 29.7 Å². The van der Waals surface area contributed by atoms with Crippen LogP contribution in [0.1, 0.15) is 5.56 Å². The lowest BCUT2D eigenvalue weighted by atomic mass is 10.0. The molecule has 2 amide bonds. The largest absolute Gasteiger partial charge is 0.363 e. The fourth-order valence-corrected chi connectivity index (χ4v) is 4.98. The van der Waals surface area contributed by atoms with Gasteiger partial charge in [0.2, 0.25) is 11.8 Å². The third-order valence-electron chi connectivity index (χ3n) is 6.86. The Labute approximate surface area is 251 Å². The van der Waals surface area contributed by atoms with Gasteiger partial charge in [0.15, 0.2) is 5.15 Å². The summed E-state index contributed by atoms with van der Waals surface area (Å²) in [6.07, 6.45) is 4.03. The number of carbonyl (C=O) groups excluding carboxylic acids is 3. The highest BCUT2D eigenvalue weighted by molar-refractivity contribution is 6.29. The van der Waals surface area contributed by atoms with E-state index in [4.69, 9.17) is 11.6 Å². The molecule has 43 heavy (non-hydrogen) atoms. The van der Waals surface area contributed by atoms with Gasteiger partial charge < -0.3 is 19.9 Å². The van der Waals surface area contributed by atoms with E-state index in [-0.39, 0.29) is 24.7 Å². The van der Waals surface area contributed by atoms with Crippen LogP contribution >= 0.6 is 11.6 Å². The van der Waals surface area contributed by atoms with Crippen molar-refractivity contribution in [3.05, 3.63) is 95.7 Å². The molecule has 0 radical (unpaired) electrons. The molecule has 2 aromatic heterocycles. The molecule has 220 valence electrons. The van der Waals surface area contributed by atoms with Gasteiger partial charge in [0.05, 0.1) is 36.2 Å². The van der Waals surface area contributed by atoms with Gasteiger partial charge in [-0.1, -0.05) is 47.1 Å². The lowest BCUT2D eigenvalue weighted by molar-refractivity contribution is -0.138. The molecular formula is C30H28ClFN8O3. The normalized spacial score (nSPS) is 11.7. The maximum Gasteiger partial charge on any atom is 0.247 e. The van der Waals surface area contributed by atoms with E-state index in [1.54, 1.807) is 29.9 Å². The highest BCUT2D eigenvalue weighted by Crippen LogP contribution is 2.26. The van der Waals surface area contributed by atoms with E-state index >= 15 is 0 Å². The number of halogens is 2. The third-order valence-corrected chi connectivity index (χ3v) is 7.04. The monoisotopic (exact) mass is 602 g/mol. The van der Waals surface area contributed by atoms with Gasteiger partial charge in [0.1, 0.15) is 18.1 Å². The van der Waals surface area contributed by atoms with Gasteiger partial charge in [-0.15, -0.1) is 5.10 Å². The maximum atomic E-state index is 14.3. The molecule has 5 aromatic rings. The lowest BCUT2D eigenvalue weighted by Crippen LogP contribution is -2.52. The Morgan fingerprint density at radius 3 is 2.60 bits per heavy atom. The number of fused-ring (bicyclic) bond motifs is 1.